The minimum absolute atomic E-state index is 0.0344. The van der Waals surface area contributed by atoms with Crippen LogP contribution in [0.5, 0.6) is 0 Å². The Labute approximate surface area is 362 Å². The number of nitrogens with one attached hydrogen (secondary N) is 1. The summed E-state index contributed by atoms with van der Waals surface area (Å²) >= 11 is 0. The smallest absolute Gasteiger partial charge is 0.308 e. The Bertz CT molecular complexity index is 800. The molecule has 58 heavy (non-hydrogen) atoms. The minimum atomic E-state index is -0.407. The van der Waals surface area contributed by atoms with E-state index in [4.69, 9.17) is 23.8 Å². The van der Waals surface area contributed by atoms with Gasteiger partial charge in [-0.25, -0.2) is 5.48 Å². The number of hydrogen-bond donors (Lipinski definition) is 1. The number of ether oxygens (including phenoxy) is 4. The second kappa shape index (κ2) is 42.9. The molecular formula is C51H103NO6. The lowest BCUT2D eigenvalue weighted by molar-refractivity contribution is -0.152. The van der Waals surface area contributed by atoms with Crippen LogP contribution in [0.3, 0.4) is 0 Å². The zero-order valence-electron chi connectivity index (χ0n) is 40.3. The average molecular weight is 826 g/mol. The lowest BCUT2D eigenvalue weighted by Crippen LogP contribution is -2.39. The summed E-state index contributed by atoms with van der Waals surface area (Å²) < 4.78 is 23.3. The van der Waals surface area contributed by atoms with Crippen LogP contribution in [-0.2, 0) is 28.6 Å². The Morgan fingerprint density at radius 2 is 0.845 bits per heavy atom. The van der Waals surface area contributed by atoms with Crippen molar-refractivity contribution >= 4 is 5.97 Å². The molecule has 0 aromatic rings. The van der Waals surface area contributed by atoms with Crippen molar-refractivity contribution in [3.05, 3.63) is 0 Å². The number of rotatable bonds is 48. The highest BCUT2D eigenvalue weighted by atomic mass is 16.6. The van der Waals surface area contributed by atoms with Crippen molar-refractivity contribution < 1.29 is 28.6 Å². The van der Waals surface area contributed by atoms with Crippen LogP contribution >= 0.6 is 0 Å². The van der Waals surface area contributed by atoms with E-state index in [0.717, 1.165) is 25.7 Å². The maximum atomic E-state index is 12.8. The first-order valence-corrected chi connectivity index (χ1v) is 25.5. The van der Waals surface area contributed by atoms with Gasteiger partial charge in [0.1, 0.15) is 6.10 Å². The van der Waals surface area contributed by atoms with Gasteiger partial charge < -0.3 is 23.8 Å². The quantitative estimate of drug-likeness (QED) is 0.0372. The van der Waals surface area contributed by atoms with E-state index in [1.165, 1.54) is 193 Å². The predicted octanol–water partition coefficient (Wildman–Crippen LogP) is 15.3. The Kier molecular flexibility index (Phi) is 42.4. The second-order valence-electron chi connectivity index (χ2n) is 18.9. The molecule has 0 heterocycles. The van der Waals surface area contributed by atoms with Crippen LogP contribution in [0.4, 0.5) is 0 Å². The van der Waals surface area contributed by atoms with E-state index in [1.807, 2.05) is 27.7 Å². The Morgan fingerprint density at radius 1 is 0.483 bits per heavy atom. The molecule has 0 aliphatic rings. The molecule has 0 atom stereocenters. The van der Waals surface area contributed by atoms with Gasteiger partial charge >= 0.3 is 5.97 Å². The Hall–Kier alpha value is -0.730. The van der Waals surface area contributed by atoms with Gasteiger partial charge in [-0.2, -0.15) is 0 Å². The highest BCUT2D eigenvalue weighted by Crippen LogP contribution is 2.20. The van der Waals surface area contributed by atoms with Gasteiger partial charge in [-0.15, -0.1) is 0 Å². The summed E-state index contributed by atoms with van der Waals surface area (Å²) in [6.45, 7) is 14.9. The number of methoxy groups -OCH3 is 1. The lowest BCUT2D eigenvalue weighted by atomic mass is 10.0. The van der Waals surface area contributed by atoms with Gasteiger partial charge in [-0.3, -0.25) is 4.79 Å². The van der Waals surface area contributed by atoms with Crippen molar-refractivity contribution in [2.24, 2.45) is 0 Å². The molecule has 0 bridgehead atoms. The molecule has 348 valence electrons. The summed E-state index contributed by atoms with van der Waals surface area (Å²) in [5.74, 6) is -0.145. The summed E-state index contributed by atoms with van der Waals surface area (Å²) in [6, 6.07) is 0. The SMILES string of the molecule is CCCCCCCCCCCCCCCCCCC(CCCCCCCCCCCCCCCCCC)OC(=O)CCONCCOCC(C)(C)OCC(C)(C)OC. The second-order valence-corrected chi connectivity index (χ2v) is 18.9. The van der Waals surface area contributed by atoms with Gasteiger partial charge in [0.15, 0.2) is 0 Å². The molecular weight excluding hydrogens is 723 g/mol. The van der Waals surface area contributed by atoms with E-state index < -0.39 is 5.60 Å². The van der Waals surface area contributed by atoms with Gasteiger partial charge in [0.05, 0.1) is 44.1 Å². The van der Waals surface area contributed by atoms with Crippen molar-refractivity contribution in [3.8, 4) is 0 Å². The zero-order valence-corrected chi connectivity index (χ0v) is 40.3. The standard InChI is InChI=1S/C51H103NO6/c1-8-10-12-14-16-18-20-22-24-26-28-30-32-34-36-38-40-48(41-39-37-35-33-31-29-27-25-23-21-19-17-15-13-11-9-2)58-49(53)42-44-57-52-43-45-55-46-51(5,6)56-47-50(3,4)54-7/h48,52H,8-47H2,1-7H3. The summed E-state index contributed by atoms with van der Waals surface area (Å²) in [7, 11) is 1.70. The highest BCUT2D eigenvalue weighted by molar-refractivity contribution is 5.69. The van der Waals surface area contributed by atoms with Crippen LogP contribution in [0, 0.1) is 0 Å². The molecule has 0 aromatic carbocycles. The van der Waals surface area contributed by atoms with Gasteiger partial charge in [-0.1, -0.05) is 206 Å². The van der Waals surface area contributed by atoms with E-state index in [0.29, 0.717) is 33.0 Å². The summed E-state index contributed by atoms with van der Waals surface area (Å²) in [6.07, 6.45) is 46.2. The van der Waals surface area contributed by atoms with Crippen molar-refractivity contribution in [1.29, 1.82) is 0 Å². The van der Waals surface area contributed by atoms with Crippen LogP contribution in [0.1, 0.15) is 266 Å². The monoisotopic (exact) mass is 826 g/mol. The Balaban J connectivity index is 4.22. The first-order valence-electron chi connectivity index (χ1n) is 25.5. The lowest BCUT2D eigenvalue weighted by Gasteiger charge is -2.31. The van der Waals surface area contributed by atoms with Gasteiger partial charge in [0.2, 0.25) is 0 Å². The molecule has 7 heteroatoms. The van der Waals surface area contributed by atoms with E-state index in [1.54, 1.807) is 7.11 Å². The van der Waals surface area contributed by atoms with E-state index in [2.05, 4.69) is 19.3 Å². The number of hydroxylamine groups is 1. The van der Waals surface area contributed by atoms with E-state index >= 15 is 0 Å². The number of esters is 1. The van der Waals surface area contributed by atoms with Crippen molar-refractivity contribution in [1.82, 2.24) is 5.48 Å². The first kappa shape index (κ1) is 57.3. The van der Waals surface area contributed by atoms with E-state index in [9.17, 15) is 4.79 Å². The minimum Gasteiger partial charge on any atom is -0.462 e. The molecule has 0 saturated heterocycles. The fourth-order valence-electron chi connectivity index (χ4n) is 7.53. The van der Waals surface area contributed by atoms with Gasteiger partial charge in [0, 0.05) is 13.7 Å². The predicted molar refractivity (Wildman–Crippen MR) is 249 cm³/mol. The third-order valence-electron chi connectivity index (χ3n) is 11.7. The molecule has 0 radical (unpaired) electrons. The topological polar surface area (TPSA) is 75.3 Å². The molecule has 7 nitrogen and oxygen atoms in total. The van der Waals surface area contributed by atoms with Crippen LogP contribution < -0.4 is 5.48 Å². The van der Waals surface area contributed by atoms with Crippen LogP contribution in [0.2, 0.25) is 0 Å². The van der Waals surface area contributed by atoms with Gasteiger partial charge in [0.25, 0.3) is 0 Å². The summed E-state index contributed by atoms with van der Waals surface area (Å²) in [4.78, 5) is 18.4. The first-order chi connectivity index (χ1) is 28.2. The molecule has 0 fully saturated rings. The van der Waals surface area contributed by atoms with Crippen molar-refractivity contribution in [2.45, 2.75) is 284 Å². The molecule has 0 amide bonds. The van der Waals surface area contributed by atoms with E-state index in [-0.39, 0.29) is 24.1 Å². The number of unbranched alkanes of at least 4 members (excludes halogenated alkanes) is 30. The number of hydrogen-bond acceptors (Lipinski definition) is 7. The number of carbonyl (C=O) groups excluding carboxylic acids is 1. The third kappa shape index (κ3) is 43.4. The van der Waals surface area contributed by atoms with Crippen LogP contribution in [-0.4, -0.2) is 63.4 Å². The third-order valence-corrected chi connectivity index (χ3v) is 11.7. The van der Waals surface area contributed by atoms with Crippen molar-refractivity contribution in [3.63, 3.8) is 0 Å². The van der Waals surface area contributed by atoms with Crippen LogP contribution in [0.25, 0.3) is 0 Å². The molecule has 0 saturated carbocycles. The maximum absolute atomic E-state index is 12.8. The summed E-state index contributed by atoms with van der Waals surface area (Å²) in [5.41, 5.74) is 2.19. The fraction of sp³-hybridized carbons (Fsp3) is 0.980. The van der Waals surface area contributed by atoms with Gasteiger partial charge in [-0.05, 0) is 53.4 Å². The summed E-state index contributed by atoms with van der Waals surface area (Å²) in [5, 5.41) is 0. The largest absolute Gasteiger partial charge is 0.462 e. The normalized spacial score (nSPS) is 12.3. The highest BCUT2D eigenvalue weighted by Gasteiger charge is 2.25. The molecule has 0 aliphatic carbocycles. The average Bonchev–Trinajstić information content (AvgIpc) is 3.20. The van der Waals surface area contributed by atoms with Crippen LogP contribution in [0.15, 0.2) is 0 Å². The zero-order chi connectivity index (χ0) is 42.7. The number of carbonyl (C=O) groups is 1. The van der Waals surface area contributed by atoms with Crippen molar-refractivity contribution in [2.75, 3.05) is 40.1 Å². The molecule has 0 aliphatic heterocycles. The Morgan fingerprint density at radius 3 is 1.21 bits per heavy atom. The molecule has 0 rings (SSSR count). The molecule has 0 aromatic heterocycles. The maximum Gasteiger partial charge on any atom is 0.308 e. The molecule has 1 N–H and O–H groups in total. The fourth-order valence-corrected chi connectivity index (χ4v) is 7.53. The molecule has 0 unspecified atom stereocenters. The molecule has 0 spiro atoms.